The largest absolute Gasteiger partial charge is 0.320 e. The molecule has 0 spiro atoms. The number of amides is 1. The Labute approximate surface area is 168 Å². The third kappa shape index (κ3) is 4.09. The summed E-state index contributed by atoms with van der Waals surface area (Å²) >= 11 is 0. The van der Waals surface area contributed by atoms with Crippen LogP contribution in [-0.2, 0) is 10.0 Å². The lowest BCUT2D eigenvalue weighted by Crippen LogP contribution is -2.14. The van der Waals surface area contributed by atoms with Crippen LogP contribution in [0, 0.1) is 0 Å². The Bertz CT molecular complexity index is 1270. The second-order valence-electron chi connectivity index (χ2n) is 6.33. The third-order valence-electron chi connectivity index (χ3n) is 4.33. The average Bonchev–Trinajstić information content (AvgIpc) is 2.75. The van der Waals surface area contributed by atoms with Crippen LogP contribution in [0.5, 0.6) is 0 Å². The standard InChI is InChI=1S/C22H17N3O3S/c26-22(24-20-10-4-6-16-7-5-15-23-21(16)20)17-11-13-18(14-12-17)25-29(27,28)19-8-2-1-3-9-19/h1-15,25H,(H,24,26). The maximum Gasteiger partial charge on any atom is 0.261 e. The molecule has 6 nitrogen and oxygen atoms in total. The predicted octanol–water partition coefficient (Wildman–Crippen LogP) is 4.29. The number of fused-ring (bicyclic) bond motifs is 1. The number of aromatic nitrogens is 1. The monoisotopic (exact) mass is 403 g/mol. The molecule has 3 aromatic carbocycles. The van der Waals surface area contributed by atoms with Gasteiger partial charge in [0.2, 0.25) is 0 Å². The van der Waals surface area contributed by atoms with Crippen LogP contribution in [0.15, 0.2) is 96.0 Å². The van der Waals surface area contributed by atoms with Gasteiger partial charge >= 0.3 is 0 Å². The summed E-state index contributed by atoms with van der Waals surface area (Å²) in [6, 6.07) is 23.6. The van der Waals surface area contributed by atoms with E-state index < -0.39 is 10.0 Å². The highest BCUT2D eigenvalue weighted by Gasteiger charge is 2.14. The van der Waals surface area contributed by atoms with Crippen LogP contribution in [0.1, 0.15) is 10.4 Å². The van der Waals surface area contributed by atoms with Crippen LogP contribution < -0.4 is 10.0 Å². The molecule has 0 unspecified atom stereocenters. The second-order valence-corrected chi connectivity index (χ2v) is 8.01. The normalized spacial score (nSPS) is 11.2. The molecule has 2 N–H and O–H groups in total. The molecule has 1 aromatic heterocycles. The molecular formula is C22H17N3O3S. The number of hydrogen-bond acceptors (Lipinski definition) is 4. The van der Waals surface area contributed by atoms with Gasteiger partial charge in [-0.3, -0.25) is 14.5 Å². The molecule has 1 amide bonds. The first-order valence-electron chi connectivity index (χ1n) is 8.86. The fourth-order valence-corrected chi connectivity index (χ4v) is 3.98. The highest BCUT2D eigenvalue weighted by molar-refractivity contribution is 7.92. The lowest BCUT2D eigenvalue weighted by molar-refractivity contribution is 0.102. The van der Waals surface area contributed by atoms with Crippen LogP contribution in [0.3, 0.4) is 0 Å². The van der Waals surface area contributed by atoms with E-state index in [4.69, 9.17) is 0 Å². The minimum absolute atomic E-state index is 0.172. The van der Waals surface area contributed by atoms with Crippen molar-refractivity contribution in [2.75, 3.05) is 10.0 Å². The third-order valence-corrected chi connectivity index (χ3v) is 5.73. The Kier molecular flexibility index (Phi) is 4.97. The van der Waals surface area contributed by atoms with Gasteiger partial charge in [0.1, 0.15) is 0 Å². The van der Waals surface area contributed by atoms with E-state index in [-0.39, 0.29) is 10.8 Å². The Morgan fingerprint density at radius 1 is 0.793 bits per heavy atom. The van der Waals surface area contributed by atoms with E-state index in [0.717, 1.165) is 5.39 Å². The van der Waals surface area contributed by atoms with E-state index in [0.29, 0.717) is 22.5 Å². The summed E-state index contributed by atoms with van der Waals surface area (Å²) in [7, 11) is -3.68. The molecule has 4 rings (SSSR count). The Morgan fingerprint density at radius 2 is 1.52 bits per heavy atom. The van der Waals surface area contributed by atoms with Gasteiger partial charge in [0, 0.05) is 22.8 Å². The van der Waals surface area contributed by atoms with Crippen molar-refractivity contribution in [2.24, 2.45) is 0 Å². The smallest absolute Gasteiger partial charge is 0.261 e. The van der Waals surface area contributed by atoms with E-state index in [2.05, 4.69) is 15.0 Å². The SMILES string of the molecule is O=C(Nc1cccc2cccnc12)c1ccc(NS(=O)(=O)c2ccccc2)cc1. The molecule has 0 aliphatic carbocycles. The van der Waals surface area contributed by atoms with E-state index in [1.165, 1.54) is 12.1 Å². The van der Waals surface area contributed by atoms with Gasteiger partial charge in [-0.25, -0.2) is 8.42 Å². The Balaban J connectivity index is 1.51. The van der Waals surface area contributed by atoms with Crippen molar-refractivity contribution in [3.8, 4) is 0 Å². The van der Waals surface area contributed by atoms with Gasteiger partial charge in [-0.1, -0.05) is 36.4 Å². The molecule has 1 heterocycles. The summed E-state index contributed by atoms with van der Waals surface area (Å²) in [5.74, 6) is -0.305. The van der Waals surface area contributed by atoms with E-state index >= 15 is 0 Å². The molecule has 0 saturated heterocycles. The van der Waals surface area contributed by atoms with Crippen LogP contribution in [0.4, 0.5) is 11.4 Å². The zero-order valence-electron chi connectivity index (χ0n) is 15.2. The van der Waals surface area contributed by atoms with Crippen LogP contribution in [-0.4, -0.2) is 19.3 Å². The van der Waals surface area contributed by atoms with Crippen molar-refractivity contribution >= 4 is 38.2 Å². The second kappa shape index (κ2) is 7.73. The first-order chi connectivity index (χ1) is 14.0. The van der Waals surface area contributed by atoms with Crippen molar-refractivity contribution in [1.29, 1.82) is 0 Å². The zero-order chi connectivity index (χ0) is 20.3. The number of rotatable bonds is 5. The number of hydrogen-bond donors (Lipinski definition) is 2. The van der Waals surface area contributed by atoms with Gasteiger partial charge < -0.3 is 5.32 Å². The van der Waals surface area contributed by atoms with Crippen molar-refractivity contribution in [1.82, 2.24) is 4.98 Å². The Hall–Kier alpha value is -3.71. The molecule has 29 heavy (non-hydrogen) atoms. The average molecular weight is 403 g/mol. The fourth-order valence-electron chi connectivity index (χ4n) is 2.90. The number of carbonyl (C=O) groups is 1. The predicted molar refractivity (Wildman–Crippen MR) is 113 cm³/mol. The summed E-state index contributed by atoms with van der Waals surface area (Å²) in [6.45, 7) is 0. The number of benzene rings is 3. The summed E-state index contributed by atoms with van der Waals surface area (Å²) in [5, 5.41) is 3.78. The molecule has 0 aliphatic heterocycles. The first-order valence-corrected chi connectivity index (χ1v) is 10.3. The van der Waals surface area contributed by atoms with Crippen LogP contribution in [0.2, 0.25) is 0 Å². The number of pyridine rings is 1. The zero-order valence-corrected chi connectivity index (χ0v) is 16.1. The minimum atomic E-state index is -3.68. The number of carbonyl (C=O) groups excluding carboxylic acids is 1. The molecule has 0 atom stereocenters. The summed E-state index contributed by atoms with van der Waals surface area (Å²) in [6.07, 6.45) is 1.67. The van der Waals surface area contributed by atoms with Gasteiger partial charge in [-0.15, -0.1) is 0 Å². The van der Waals surface area contributed by atoms with Gasteiger partial charge in [-0.05, 0) is 48.5 Å². The topological polar surface area (TPSA) is 88.2 Å². The quantitative estimate of drug-likeness (QED) is 0.520. The van der Waals surface area contributed by atoms with E-state index in [1.54, 1.807) is 54.7 Å². The number of nitrogens with zero attached hydrogens (tertiary/aromatic N) is 1. The number of para-hydroxylation sites is 1. The van der Waals surface area contributed by atoms with Crippen LogP contribution >= 0.6 is 0 Å². The number of sulfonamides is 1. The van der Waals surface area contributed by atoms with Crippen LogP contribution in [0.25, 0.3) is 10.9 Å². The molecular weight excluding hydrogens is 386 g/mol. The summed E-state index contributed by atoms with van der Waals surface area (Å²) in [5.41, 5.74) is 2.09. The van der Waals surface area contributed by atoms with Gasteiger partial charge in [-0.2, -0.15) is 0 Å². The molecule has 7 heteroatoms. The first kappa shape index (κ1) is 18.6. The lowest BCUT2D eigenvalue weighted by atomic mass is 10.1. The summed E-state index contributed by atoms with van der Waals surface area (Å²) < 4.78 is 27.3. The number of anilines is 2. The van der Waals surface area contributed by atoms with E-state index in [9.17, 15) is 13.2 Å². The molecule has 144 valence electrons. The van der Waals surface area contributed by atoms with Gasteiger partial charge in [0.15, 0.2) is 0 Å². The molecule has 0 aliphatic rings. The van der Waals surface area contributed by atoms with Gasteiger partial charge in [0.25, 0.3) is 15.9 Å². The lowest BCUT2D eigenvalue weighted by Gasteiger charge is -2.10. The van der Waals surface area contributed by atoms with Gasteiger partial charge in [0.05, 0.1) is 16.1 Å². The van der Waals surface area contributed by atoms with Crippen molar-refractivity contribution in [2.45, 2.75) is 4.90 Å². The maximum atomic E-state index is 12.6. The minimum Gasteiger partial charge on any atom is -0.320 e. The van der Waals surface area contributed by atoms with Crippen molar-refractivity contribution < 1.29 is 13.2 Å². The molecule has 0 fully saturated rings. The summed E-state index contributed by atoms with van der Waals surface area (Å²) in [4.78, 5) is 17.1. The van der Waals surface area contributed by atoms with Crippen molar-refractivity contribution in [3.05, 3.63) is 96.7 Å². The van der Waals surface area contributed by atoms with Crippen molar-refractivity contribution in [3.63, 3.8) is 0 Å². The molecule has 0 saturated carbocycles. The highest BCUT2D eigenvalue weighted by atomic mass is 32.2. The van der Waals surface area contributed by atoms with E-state index in [1.807, 2.05) is 24.3 Å². The molecule has 0 radical (unpaired) electrons. The molecule has 0 bridgehead atoms. The number of nitrogens with one attached hydrogen (secondary N) is 2. The molecule has 4 aromatic rings. The highest BCUT2D eigenvalue weighted by Crippen LogP contribution is 2.22. The Morgan fingerprint density at radius 3 is 2.28 bits per heavy atom. The fraction of sp³-hybridized carbons (Fsp3) is 0. The maximum absolute atomic E-state index is 12.6.